The normalized spacial score (nSPS) is 20.2. The predicted molar refractivity (Wildman–Crippen MR) is 96.5 cm³/mol. The average Bonchev–Trinajstić information content (AvgIpc) is 2.93. The lowest BCUT2D eigenvalue weighted by molar-refractivity contribution is 0.151. The van der Waals surface area contributed by atoms with Crippen molar-refractivity contribution in [2.75, 3.05) is 34.2 Å². The van der Waals surface area contributed by atoms with Gasteiger partial charge >= 0.3 is 0 Å². The maximum Gasteiger partial charge on any atom is 0.193 e. The van der Waals surface area contributed by atoms with Crippen LogP contribution in [-0.2, 0) is 13.1 Å². The van der Waals surface area contributed by atoms with Crippen LogP contribution in [0, 0.1) is 5.41 Å². The molecule has 0 unspecified atom stereocenters. The highest BCUT2D eigenvalue weighted by Crippen LogP contribution is 2.47. The van der Waals surface area contributed by atoms with Crippen LogP contribution in [0.15, 0.2) is 29.3 Å². The summed E-state index contributed by atoms with van der Waals surface area (Å²) in [6.07, 6.45) is 5.57. The molecule has 126 valence electrons. The Labute approximate surface area is 140 Å². The first-order valence-electron chi connectivity index (χ1n) is 8.78. The Balaban J connectivity index is 1.56. The van der Waals surface area contributed by atoms with E-state index >= 15 is 0 Å². The van der Waals surface area contributed by atoms with Gasteiger partial charge in [0.05, 0.1) is 0 Å². The molecule has 1 saturated carbocycles. The summed E-state index contributed by atoms with van der Waals surface area (Å²) in [5.74, 6) is 1.06. The second-order valence-electron chi connectivity index (χ2n) is 7.48. The lowest BCUT2D eigenvalue weighted by atomic mass is 9.68. The highest BCUT2D eigenvalue weighted by atomic mass is 15.3. The summed E-state index contributed by atoms with van der Waals surface area (Å²) in [5, 5.41) is 3.56. The number of benzene rings is 1. The van der Waals surface area contributed by atoms with Crippen LogP contribution < -0.4 is 5.32 Å². The van der Waals surface area contributed by atoms with Crippen molar-refractivity contribution >= 4 is 5.96 Å². The number of hydrogen-bond acceptors (Lipinski definition) is 2. The smallest absolute Gasteiger partial charge is 0.193 e. The first kappa shape index (κ1) is 16.3. The Morgan fingerprint density at radius 3 is 2.65 bits per heavy atom. The molecule has 1 aromatic carbocycles. The summed E-state index contributed by atoms with van der Waals surface area (Å²) in [5.41, 5.74) is 3.30. The first-order valence-corrected chi connectivity index (χ1v) is 8.78. The first-order chi connectivity index (χ1) is 11.1. The maximum absolute atomic E-state index is 4.50. The number of rotatable bonds is 4. The van der Waals surface area contributed by atoms with Gasteiger partial charge in [0.1, 0.15) is 0 Å². The molecule has 2 fully saturated rings. The zero-order valence-electron chi connectivity index (χ0n) is 14.8. The number of hydrogen-bond donors (Lipinski definition) is 1. The molecule has 1 N–H and O–H groups in total. The zero-order chi connectivity index (χ0) is 16.3. The van der Waals surface area contributed by atoms with Crippen molar-refractivity contribution in [1.82, 2.24) is 15.1 Å². The highest BCUT2D eigenvalue weighted by molar-refractivity contribution is 5.80. The maximum atomic E-state index is 4.50. The van der Waals surface area contributed by atoms with Crippen LogP contribution in [0.25, 0.3) is 0 Å². The van der Waals surface area contributed by atoms with E-state index in [2.05, 4.69) is 58.5 Å². The summed E-state index contributed by atoms with van der Waals surface area (Å²) in [4.78, 5) is 9.15. The van der Waals surface area contributed by atoms with Crippen LogP contribution in [0.1, 0.15) is 36.8 Å². The van der Waals surface area contributed by atoms with E-state index in [0.717, 1.165) is 25.6 Å². The van der Waals surface area contributed by atoms with Gasteiger partial charge in [0.2, 0.25) is 0 Å². The molecule has 1 saturated heterocycles. The summed E-state index contributed by atoms with van der Waals surface area (Å²) in [6, 6.07) is 8.82. The fourth-order valence-corrected chi connectivity index (χ4v) is 3.92. The second-order valence-corrected chi connectivity index (χ2v) is 7.48. The Bertz CT molecular complexity index is 560. The molecule has 0 radical (unpaired) electrons. The van der Waals surface area contributed by atoms with Crippen molar-refractivity contribution < 1.29 is 0 Å². The monoisotopic (exact) mass is 314 g/mol. The van der Waals surface area contributed by atoms with Crippen LogP contribution in [0.3, 0.4) is 0 Å². The summed E-state index contributed by atoms with van der Waals surface area (Å²) in [7, 11) is 6.11. The van der Waals surface area contributed by atoms with Crippen molar-refractivity contribution in [2.45, 2.75) is 38.8 Å². The molecule has 3 rings (SSSR count). The molecule has 4 nitrogen and oxygen atoms in total. The van der Waals surface area contributed by atoms with Gasteiger partial charge in [0, 0.05) is 33.2 Å². The van der Waals surface area contributed by atoms with Crippen molar-refractivity contribution in [2.24, 2.45) is 10.4 Å². The second kappa shape index (κ2) is 6.91. The van der Waals surface area contributed by atoms with Gasteiger partial charge in [-0.2, -0.15) is 0 Å². The molecule has 4 heteroatoms. The molecule has 2 aliphatic rings. The van der Waals surface area contributed by atoms with Gasteiger partial charge in [-0.3, -0.25) is 4.99 Å². The molecule has 1 spiro atoms. The Morgan fingerprint density at radius 1 is 1.26 bits per heavy atom. The number of guanidine groups is 1. The SMILES string of the molecule is CN=C(NCc1cccc(CN(C)C)c1)N1CCC2(CCC2)C1. The molecule has 1 aliphatic heterocycles. The Kier molecular flexibility index (Phi) is 4.90. The van der Waals surface area contributed by atoms with Crippen LogP contribution in [-0.4, -0.2) is 50.0 Å². The van der Waals surface area contributed by atoms with Gasteiger partial charge in [0.25, 0.3) is 0 Å². The third-order valence-corrected chi connectivity index (χ3v) is 5.30. The van der Waals surface area contributed by atoms with E-state index in [9.17, 15) is 0 Å². The van der Waals surface area contributed by atoms with E-state index < -0.39 is 0 Å². The van der Waals surface area contributed by atoms with E-state index in [1.54, 1.807) is 0 Å². The summed E-state index contributed by atoms with van der Waals surface area (Å²) < 4.78 is 0. The Hall–Kier alpha value is -1.55. The largest absolute Gasteiger partial charge is 0.352 e. The van der Waals surface area contributed by atoms with Gasteiger partial charge in [0.15, 0.2) is 5.96 Å². The minimum Gasteiger partial charge on any atom is -0.352 e. The number of nitrogens with zero attached hydrogens (tertiary/aromatic N) is 3. The molecule has 0 amide bonds. The van der Waals surface area contributed by atoms with Crippen LogP contribution in [0.2, 0.25) is 0 Å². The summed E-state index contributed by atoms with van der Waals surface area (Å²) in [6.45, 7) is 4.17. The van der Waals surface area contributed by atoms with Gasteiger partial charge in [-0.05, 0) is 49.9 Å². The lowest BCUT2D eigenvalue weighted by Crippen LogP contribution is -2.42. The Morgan fingerprint density at radius 2 is 2.04 bits per heavy atom. The third-order valence-electron chi connectivity index (χ3n) is 5.30. The molecule has 0 aromatic heterocycles. The molecule has 1 aromatic rings. The molecule has 23 heavy (non-hydrogen) atoms. The van der Waals surface area contributed by atoms with Crippen molar-refractivity contribution in [3.8, 4) is 0 Å². The van der Waals surface area contributed by atoms with E-state index in [4.69, 9.17) is 0 Å². The lowest BCUT2D eigenvalue weighted by Gasteiger charge is -2.38. The van der Waals surface area contributed by atoms with E-state index in [1.165, 1.54) is 43.4 Å². The van der Waals surface area contributed by atoms with Crippen LogP contribution >= 0.6 is 0 Å². The van der Waals surface area contributed by atoms with Crippen molar-refractivity contribution in [1.29, 1.82) is 0 Å². The average molecular weight is 314 g/mol. The van der Waals surface area contributed by atoms with Gasteiger partial charge in [-0.1, -0.05) is 30.7 Å². The van der Waals surface area contributed by atoms with Crippen LogP contribution in [0.4, 0.5) is 0 Å². The van der Waals surface area contributed by atoms with E-state index in [1.807, 2.05) is 7.05 Å². The molecule has 1 aliphatic carbocycles. The number of aliphatic imine (C=N–C) groups is 1. The molecular formula is C19H30N4. The van der Waals surface area contributed by atoms with Crippen molar-refractivity contribution in [3.05, 3.63) is 35.4 Å². The molecule has 0 bridgehead atoms. The molecule has 1 heterocycles. The molecular weight excluding hydrogens is 284 g/mol. The van der Waals surface area contributed by atoms with Gasteiger partial charge in [-0.15, -0.1) is 0 Å². The fraction of sp³-hybridized carbons (Fsp3) is 0.632. The third kappa shape index (κ3) is 3.86. The summed E-state index contributed by atoms with van der Waals surface area (Å²) >= 11 is 0. The predicted octanol–water partition coefficient (Wildman–Crippen LogP) is 2.70. The number of likely N-dealkylation sites (tertiary alicyclic amines) is 1. The standard InChI is InChI=1S/C19H30N4/c1-20-18(23-11-10-19(15-23)8-5-9-19)21-13-16-6-4-7-17(12-16)14-22(2)3/h4,6-7,12H,5,8-11,13-15H2,1-3H3,(H,20,21). The topological polar surface area (TPSA) is 30.9 Å². The van der Waals surface area contributed by atoms with Gasteiger partial charge in [-0.25, -0.2) is 0 Å². The molecule has 0 atom stereocenters. The minimum atomic E-state index is 0.614. The number of nitrogens with one attached hydrogen (secondary N) is 1. The quantitative estimate of drug-likeness (QED) is 0.685. The van der Waals surface area contributed by atoms with E-state index in [-0.39, 0.29) is 0 Å². The van der Waals surface area contributed by atoms with Crippen LogP contribution in [0.5, 0.6) is 0 Å². The highest BCUT2D eigenvalue weighted by Gasteiger charge is 2.43. The minimum absolute atomic E-state index is 0.614. The fourth-order valence-electron chi connectivity index (χ4n) is 3.92. The van der Waals surface area contributed by atoms with Crippen molar-refractivity contribution in [3.63, 3.8) is 0 Å². The zero-order valence-corrected chi connectivity index (χ0v) is 14.8. The van der Waals surface area contributed by atoms with E-state index in [0.29, 0.717) is 5.41 Å². The van der Waals surface area contributed by atoms with Gasteiger partial charge < -0.3 is 15.1 Å².